The lowest BCUT2D eigenvalue weighted by atomic mass is 9.97. The van der Waals surface area contributed by atoms with Gasteiger partial charge in [-0.05, 0) is 12.8 Å². The molecule has 0 radical (unpaired) electrons. The van der Waals surface area contributed by atoms with Gasteiger partial charge in [0.2, 0.25) is 0 Å². The van der Waals surface area contributed by atoms with Crippen LogP contribution in [0, 0.1) is 5.92 Å². The predicted molar refractivity (Wildman–Crippen MR) is 47.8 cm³/mol. The largest absolute Gasteiger partial charge is 0.336 e. The van der Waals surface area contributed by atoms with Crippen LogP contribution in [-0.4, -0.2) is 12.7 Å². The van der Waals surface area contributed by atoms with Gasteiger partial charge >= 0.3 is 0 Å². The van der Waals surface area contributed by atoms with E-state index >= 15 is 0 Å². The highest BCUT2D eigenvalue weighted by atomic mass is 31.1. The minimum Gasteiger partial charge on any atom is -0.336 e. The van der Waals surface area contributed by atoms with Crippen LogP contribution >= 0.6 is 9.03 Å². The quantitative estimate of drug-likeness (QED) is 0.615. The van der Waals surface area contributed by atoms with Gasteiger partial charge in [-0.2, -0.15) is 0 Å². The average Bonchev–Trinajstić information content (AvgIpc) is 2.06. The molecule has 1 heterocycles. The molecule has 1 aliphatic heterocycles. The van der Waals surface area contributed by atoms with Gasteiger partial charge in [-0.25, -0.2) is 0 Å². The Labute approximate surface area is 70.6 Å². The van der Waals surface area contributed by atoms with Crippen molar-refractivity contribution < 1.29 is 9.05 Å². The summed E-state index contributed by atoms with van der Waals surface area (Å²) in [6.07, 6.45) is 4.05. The van der Waals surface area contributed by atoms with E-state index in [4.69, 9.17) is 9.05 Å². The van der Waals surface area contributed by atoms with Crippen LogP contribution in [0.2, 0.25) is 0 Å². The van der Waals surface area contributed by atoms with E-state index < -0.39 is 0 Å². The molecule has 0 aliphatic carbocycles. The molecular formula is C8H17O2P. The molecule has 1 saturated heterocycles. The molecule has 0 N–H and O–H groups in total. The molecule has 1 fully saturated rings. The normalized spacial score (nSPS) is 34.4. The van der Waals surface area contributed by atoms with Crippen molar-refractivity contribution in [1.29, 1.82) is 0 Å². The summed E-state index contributed by atoms with van der Waals surface area (Å²) >= 11 is 0. The SMILES string of the molecule is CCCC1OPOCC1CC. The van der Waals surface area contributed by atoms with Crippen molar-refractivity contribution in [3.05, 3.63) is 0 Å². The van der Waals surface area contributed by atoms with Crippen LogP contribution in [0.25, 0.3) is 0 Å². The van der Waals surface area contributed by atoms with Gasteiger partial charge in [-0.1, -0.05) is 20.3 Å². The fourth-order valence-electron chi connectivity index (χ4n) is 1.40. The van der Waals surface area contributed by atoms with Crippen LogP contribution in [-0.2, 0) is 9.05 Å². The molecule has 1 aliphatic rings. The van der Waals surface area contributed by atoms with Crippen molar-refractivity contribution in [2.24, 2.45) is 5.92 Å². The second-order valence-corrected chi connectivity index (χ2v) is 3.70. The highest BCUT2D eigenvalue weighted by molar-refractivity contribution is 7.26. The first-order valence-corrected chi connectivity index (χ1v) is 5.22. The molecule has 2 nitrogen and oxygen atoms in total. The molecule has 3 unspecified atom stereocenters. The fourth-order valence-corrected chi connectivity index (χ4v) is 2.18. The standard InChI is InChI=1S/C8H17O2P/c1-3-5-8-7(4-2)6-9-11-10-8/h7-8,11H,3-6H2,1-2H3. The highest BCUT2D eigenvalue weighted by Gasteiger charge is 2.24. The molecule has 0 bridgehead atoms. The van der Waals surface area contributed by atoms with Gasteiger partial charge in [-0.15, -0.1) is 0 Å². The van der Waals surface area contributed by atoms with Crippen LogP contribution in [0.3, 0.4) is 0 Å². The summed E-state index contributed by atoms with van der Waals surface area (Å²) in [5, 5.41) is 0. The van der Waals surface area contributed by atoms with Gasteiger partial charge in [0.25, 0.3) is 0 Å². The molecule has 3 atom stereocenters. The van der Waals surface area contributed by atoms with Gasteiger partial charge in [0.1, 0.15) is 0 Å². The third kappa shape index (κ3) is 2.70. The molecule has 0 spiro atoms. The van der Waals surface area contributed by atoms with Crippen molar-refractivity contribution in [2.45, 2.75) is 39.2 Å². The Balaban J connectivity index is 2.31. The van der Waals surface area contributed by atoms with E-state index in [9.17, 15) is 0 Å². The Kier molecular flexibility index (Phi) is 4.36. The highest BCUT2D eigenvalue weighted by Crippen LogP contribution is 2.32. The molecule has 3 heteroatoms. The zero-order valence-corrected chi connectivity index (χ0v) is 8.30. The zero-order valence-electron chi connectivity index (χ0n) is 7.30. The van der Waals surface area contributed by atoms with E-state index in [2.05, 4.69) is 13.8 Å². The Morgan fingerprint density at radius 3 is 2.91 bits per heavy atom. The van der Waals surface area contributed by atoms with E-state index in [1.165, 1.54) is 19.3 Å². The Morgan fingerprint density at radius 1 is 1.45 bits per heavy atom. The van der Waals surface area contributed by atoms with Crippen LogP contribution in [0.15, 0.2) is 0 Å². The lowest BCUT2D eigenvalue weighted by Gasteiger charge is -2.29. The maximum absolute atomic E-state index is 5.53. The second-order valence-electron chi connectivity index (χ2n) is 3.01. The van der Waals surface area contributed by atoms with Crippen molar-refractivity contribution in [3.8, 4) is 0 Å². The Morgan fingerprint density at radius 2 is 2.27 bits per heavy atom. The zero-order chi connectivity index (χ0) is 8.10. The Bertz CT molecular complexity index is 106. The molecule has 1 rings (SSSR count). The molecule has 0 saturated carbocycles. The molecule has 66 valence electrons. The third-order valence-electron chi connectivity index (χ3n) is 2.18. The summed E-state index contributed by atoms with van der Waals surface area (Å²) < 4.78 is 10.8. The second kappa shape index (κ2) is 5.08. The monoisotopic (exact) mass is 176 g/mol. The molecule has 0 amide bonds. The van der Waals surface area contributed by atoms with Crippen LogP contribution in [0.4, 0.5) is 0 Å². The van der Waals surface area contributed by atoms with Gasteiger partial charge in [0, 0.05) is 5.92 Å². The molecule has 0 aromatic rings. The minimum absolute atomic E-state index is 0.281. The lowest BCUT2D eigenvalue weighted by Crippen LogP contribution is -2.27. The summed E-state index contributed by atoms with van der Waals surface area (Å²) in [4.78, 5) is 0. The van der Waals surface area contributed by atoms with E-state index in [0.717, 1.165) is 6.61 Å². The minimum atomic E-state index is 0.281. The van der Waals surface area contributed by atoms with Crippen molar-refractivity contribution in [2.75, 3.05) is 6.61 Å². The topological polar surface area (TPSA) is 18.5 Å². The van der Waals surface area contributed by atoms with E-state index in [0.29, 0.717) is 12.0 Å². The summed E-state index contributed by atoms with van der Waals surface area (Å²) in [5.41, 5.74) is 0. The van der Waals surface area contributed by atoms with E-state index in [1.807, 2.05) is 0 Å². The maximum atomic E-state index is 5.53. The van der Waals surface area contributed by atoms with Gasteiger partial charge < -0.3 is 9.05 Å². The number of rotatable bonds is 3. The number of hydrogen-bond acceptors (Lipinski definition) is 2. The average molecular weight is 176 g/mol. The Hall–Kier alpha value is 0.350. The lowest BCUT2D eigenvalue weighted by molar-refractivity contribution is 0.0484. The molecule has 0 aromatic heterocycles. The van der Waals surface area contributed by atoms with Crippen molar-refractivity contribution in [3.63, 3.8) is 0 Å². The van der Waals surface area contributed by atoms with Gasteiger partial charge in [0.15, 0.2) is 9.03 Å². The van der Waals surface area contributed by atoms with Crippen LogP contribution in [0.1, 0.15) is 33.1 Å². The smallest absolute Gasteiger partial charge is 0.155 e. The molecule has 0 aromatic carbocycles. The van der Waals surface area contributed by atoms with E-state index in [-0.39, 0.29) is 9.03 Å². The summed E-state index contributed by atoms with van der Waals surface area (Å²) in [7, 11) is 0.281. The first-order chi connectivity index (χ1) is 5.38. The number of hydrogen-bond donors (Lipinski definition) is 0. The summed E-state index contributed by atoms with van der Waals surface area (Å²) in [6.45, 7) is 5.31. The first kappa shape index (κ1) is 9.44. The first-order valence-electron chi connectivity index (χ1n) is 4.40. The summed E-state index contributed by atoms with van der Waals surface area (Å²) in [6, 6.07) is 0. The summed E-state index contributed by atoms with van der Waals surface area (Å²) in [5.74, 6) is 0.635. The van der Waals surface area contributed by atoms with Crippen molar-refractivity contribution in [1.82, 2.24) is 0 Å². The van der Waals surface area contributed by atoms with Gasteiger partial charge in [0.05, 0.1) is 12.7 Å². The molecule has 11 heavy (non-hydrogen) atoms. The maximum Gasteiger partial charge on any atom is 0.155 e. The van der Waals surface area contributed by atoms with Crippen molar-refractivity contribution >= 4 is 9.03 Å². The van der Waals surface area contributed by atoms with Crippen LogP contribution < -0.4 is 0 Å². The third-order valence-corrected chi connectivity index (χ3v) is 2.86. The van der Waals surface area contributed by atoms with E-state index in [1.54, 1.807) is 0 Å². The van der Waals surface area contributed by atoms with Gasteiger partial charge in [-0.3, -0.25) is 0 Å². The predicted octanol–water partition coefficient (Wildman–Crippen LogP) is 2.74. The molecular weight excluding hydrogens is 159 g/mol. The van der Waals surface area contributed by atoms with Crippen LogP contribution in [0.5, 0.6) is 0 Å². The fraction of sp³-hybridized carbons (Fsp3) is 1.00.